The van der Waals surface area contributed by atoms with Gasteiger partial charge in [0.25, 0.3) is 10.0 Å². The summed E-state index contributed by atoms with van der Waals surface area (Å²) in [5, 5.41) is 14.1. The zero-order valence-electron chi connectivity index (χ0n) is 23.9. The van der Waals surface area contributed by atoms with Crippen LogP contribution >= 0.6 is 0 Å². The summed E-state index contributed by atoms with van der Waals surface area (Å²) in [7, 11) is 1.07. The van der Waals surface area contributed by atoms with E-state index in [0.717, 1.165) is 51.5 Å². The molecule has 12 heteroatoms. The van der Waals surface area contributed by atoms with E-state index in [4.69, 9.17) is 14.5 Å². The van der Waals surface area contributed by atoms with E-state index in [1.807, 2.05) is 30.1 Å². The summed E-state index contributed by atoms with van der Waals surface area (Å²) in [5.74, 6) is 0.309. The van der Waals surface area contributed by atoms with Crippen molar-refractivity contribution >= 4 is 32.0 Å². The number of ether oxygens (including phenoxy) is 2. The summed E-state index contributed by atoms with van der Waals surface area (Å²) in [4.78, 5) is 5.01. The van der Waals surface area contributed by atoms with Crippen LogP contribution in [0.15, 0.2) is 72.0 Å². The van der Waals surface area contributed by atoms with E-state index in [1.54, 1.807) is 54.5 Å². The molecule has 0 saturated carbocycles. The van der Waals surface area contributed by atoms with Crippen molar-refractivity contribution in [3.8, 4) is 28.3 Å². The highest BCUT2D eigenvalue weighted by atomic mass is 32.2. The van der Waals surface area contributed by atoms with Gasteiger partial charge in [0.1, 0.15) is 5.60 Å². The van der Waals surface area contributed by atoms with Crippen LogP contribution in [0.2, 0.25) is 0 Å². The van der Waals surface area contributed by atoms with E-state index < -0.39 is 15.6 Å². The van der Waals surface area contributed by atoms with Gasteiger partial charge in [-0.15, -0.1) is 5.10 Å². The minimum absolute atomic E-state index is 0.154. The Morgan fingerprint density at radius 2 is 1.93 bits per heavy atom. The first-order chi connectivity index (χ1) is 20.8. The molecule has 0 amide bonds. The fourth-order valence-electron chi connectivity index (χ4n) is 6.74. The molecular formula is C31H29N7O4S. The summed E-state index contributed by atoms with van der Waals surface area (Å²) in [5.41, 5.74) is 5.17. The molecule has 0 aliphatic carbocycles. The van der Waals surface area contributed by atoms with Crippen LogP contribution in [0, 0.1) is 0 Å². The molecule has 6 aromatic rings. The smallest absolute Gasteiger partial charge is 0.269 e. The van der Waals surface area contributed by atoms with Crippen molar-refractivity contribution in [1.82, 2.24) is 33.8 Å². The predicted molar refractivity (Wildman–Crippen MR) is 161 cm³/mol. The van der Waals surface area contributed by atoms with Gasteiger partial charge in [0.2, 0.25) is 5.88 Å². The van der Waals surface area contributed by atoms with Gasteiger partial charge in [0, 0.05) is 60.5 Å². The summed E-state index contributed by atoms with van der Waals surface area (Å²) in [6.07, 6.45) is 6.14. The fraction of sp³-hybridized carbons (Fsp3) is 0.258. The van der Waals surface area contributed by atoms with Crippen LogP contribution < -0.4 is 10.1 Å². The van der Waals surface area contributed by atoms with E-state index in [1.165, 1.54) is 11.1 Å². The Morgan fingerprint density at radius 1 is 1.09 bits per heavy atom. The first-order valence-corrected chi connectivity index (χ1v) is 15.5. The number of nitrogens with zero attached hydrogens (tertiary/aromatic N) is 6. The highest BCUT2D eigenvalue weighted by Crippen LogP contribution is 2.52. The van der Waals surface area contributed by atoms with Crippen LogP contribution in [0.25, 0.3) is 44.3 Å². The molecule has 6 heterocycles. The molecule has 1 spiro atoms. The molecule has 1 atom stereocenters. The van der Waals surface area contributed by atoms with E-state index in [2.05, 4.69) is 21.6 Å². The molecule has 11 nitrogen and oxygen atoms in total. The molecule has 1 unspecified atom stereocenters. The SMILES string of the molecule is COc1nn(C)cc1-c1c(-c2ccc3c(cnn3C)c2)c2c3c(cnc2n1S(=O)(=O)c1ccccc1)COC31CCNC1. The molecule has 1 saturated heterocycles. The molecule has 2 aromatic carbocycles. The number of aromatic nitrogens is 6. The Hall–Kier alpha value is -4.52. The monoisotopic (exact) mass is 595 g/mol. The van der Waals surface area contributed by atoms with E-state index in [-0.39, 0.29) is 4.90 Å². The summed E-state index contributed by atoms with van der Waals surface area (Å²) < 4.78 is 46.5. The lowest BCUT2D eigenvalue weighted by molar-refractivity contribution is -0.0211. The Balaban J connectivity index is 1.60. The summed E-state index contributed by atoms with van der Waals surface area (Å²) in [6.45, 7) is 1.83. The molecule has 2 aliphatic rings. The number of benzene rings is 2. The third-order valence-electron chi connectivity index (χ3n) is 8.66. The van der Waals surface area contributed by atoms with Crippen molar-refractivity contribution in [2.24, 2.45) is 14.1 Å². The molecule has 1 fully saturated rings. The van der Waals surface area contributed by atoms with Crippen molar-refractivity contribution in [2.75, 3.05) is 20.2 Å². The number of methoxy groups -OCH3 is 1. The minimum Gasteiger partial charge on any atom is -0.479 e. The van der Waals surface area contributed by atoms with Gasteiger partial charge in [-0.3, -0.25) is 9.36 Å². The molecule has 8 rings (SSSR count). The van der Waals surface area contributed by atoms with Crippen molar-refractivity contribution < 1.29 is 17.9 Å². The first kappa shape index (κ1) is 26.1. The second-order valence-electron chi connectivity index (χ2n) is 11.1. The quantitative estimate of drug-likeness (QED) is 0.318. The fourth-order valence-corrected chi connectivity index (χ4v) is 8.25. The lowest BCUT2D eigenvalue weighted by Crippen LogP contribution is -2.28. The normalized spacial score (nSPS) is 18.3. The van der Waals surface area contributed by atoms with Crippen LogP contribution in [0.5, 0.6) is 5.88 Å². The van der Waals surface area contributed by atoms with Gasteiger partial charge in [-0.2, -0.15) is 5.10 Å². The Kier molecular flexibility index (Phi) is 5.61. The second-order valence-corrected chi connectivity index (χ2v) is 12.9. The van der Waals surface area contributed by atoms with E-state index in [0.29, 0.717) is 35.9 Å². The number of pyridine rings is 1. The van der Waals surface area contributed by atoms with Gasteiger partial charge < -0.3 is 14.8 Å². The maximum absolute atomic E-state index is 14.7. The maximum Gasteiger partial charge on any atom is 0.269 e. The lowest BCUT2D eigenvalue weighted by Gasteiger charge is -2.24. The molecule has 4 aromatic heterocycles. The number of fused-ring (bicyclic) bond motifs is 5. The van der Waals surface area contributed by atoms with Crippen LogP contribution in [0.3, 0.4) is 0 Å². The zero-order valence-corrected chi connectivity index (χ0v) is 24.7. The van der Waals surface area contributed by atoms with E-state index in [9.17, 15) is 8.42 Å². The minimum atomic E-state index is -4.15. The van der Waals surface area contributed by atoms with Crippen LogP contribution in [0.4, 0.5) is 0 Å². The lowest BCUT2D eigenvalue weighted by atomic mass is 9.87. The second kappa shape index (κ2) is 9.24. The Labute approximate surface area is 247 Å². The van der Waals surface area contributed by atoms with Gasteiger partial charge >= 0.3 is 0 Å². The first-order valence-electron chi connectivity index (χ1n) is 14.0. The third kappa shape index (κ3) is 3.66. The summed E-state index contributed by atoms with van der Waals surface area (Å²) >= 11 is 0. The van der Waals surface area contributed by atoms with Gasteiger partial charge in [0.15, 0.2) is 5.65 Å². The van der Waals surface area contributed by atoms with Gasteiger partial charge in [-0.25, -0.2) is 17.4 Å². The van der Waals surface area contributed by atoms with Crippen molar-refractivity contribution in [1.29, 1.82) is 0 Å². The molecule has 43 heavy (non-hydrogen) atoms. The highest BCUT2D eigenvalue weighted by Gasteiger charge is 2.46. The number of hydrogen-bond donors (Lipinski definition) is 1. The standard InChI is InChI=1S/C31H29N7O4S/c1-36-16-23(30(35-36)41-3)28-25(19-9-10-24-20(13-19)15-34-37(24)2)26-27-21(17-42-31(27)11-12-32-18-31)14-33-29(26)38(28)43(39,40)22-7-5-4-6-8-22/h4-10,13-16,32H,11-12,17-18H2,1-3H3. The summed E-state index contributed by atoms with van der Waals surface area (Å²) in [6, 6.07) is 14.5. The largest absolute Gasteiger partial charge is 0.479 e. The number of hydrogen-bond acceptors (Lipinski definition) is 8. The van der Waals surface area contributed by atoms with Crippen molar-refractivity contribution in [3.05, 3.63) is 78.2 Å². The average molecular weight is 596 g/mol. The zero-order chi connectivity index (χ0) is 29.5. The van der Waals surface area contributed by atoms with Crippen molar-refractivity contribution in [3.63, 3.8) is 0 Å². The Bertz CT molecular complexity index is 2170. The van der Waals surface area contributed by atoms with Crippen molar-refractivity contribution in [2.45, 2.75) is 23.5 Å². The number of rotatable bonds is 5. The molecular weight excluding hydrogens is 566 g/mol. The molecule has 0 radical (unpaired) electrons. The third-order valence-corrected chi connectivity index (χ3v) is 10.4. The van der Waals surface area contributed by atoms with Crippen LogP contribution in [-0.4, -0.2) is 57.1 Å². The molecule has 218 valence electrons. The number of aryl methyl sites for hydroxylation is 2. The van der Waals surface area contributed by atoms with Crippen LogP contribution in [0.1, 0.15) is 17.5 Å². The van der Waals surface area contributed by atoms with E-state index >= 15 is 0 Å². The maximum atomic E-state index is 14.7. The molecule has 0 bridgehead atoms. The number of nitrogens with one attached hydrogen (secondary N) is 1. The Morgan fingerprint density at radius 3 is 2.70 bits per heavy atom. The predicted octanol–water partition coefficient (Wildman–Crippen LogP) is 3.95. The topological polar surface area (TPSA) is 118 Å². The average Bonchev–Trinajstić information content (AvgIpc) is 3.84. The molecule has 2 aliphatic heterocycles. The van der Waals surface area contributed by atoms with Crippen LogP contribution in [-0.2, 0) is 41.1 Å². The highest BCUT2D eigenvalue weighted by molar-refractivity contribution is 7.90. The van der Waals surface area contributed by atoms with Gasteiger partial charge in [0.05, 0.1) is 41.6 Å². The molecule has 1 N–H and O–H groups in total. The van der Waals surface area contributed by atoms with Gasteiger partial charge in [-0.05, 0) is 42.8 Å². The van der Waals surface area contributed by atoms with Gasteiger partial charge in [-0.1, -0.05) is 24.3 Å².